The first-order valence-electron chi connectivity index (χ1n) is 6.45. The SMILES string of the molecule is Cc1ccc(N)c(SC2CC(=O)N(C3CC3)C2=O)c1. The van der Waals surface area contributed by atoms with Crippen LogP contribution in [0.2, 0.25) is 0 Å². The van der Waals surface area contributed by atoms with E-state index in [1.807, 2.05) is 25.1 Å². The molecule has 2 N–H and O–H groups in total. The predicted molar refractivity (Wildman–Crippen MR) is 74.7 cm³/mol. The Bertz CT molecular complexity index is 554. The minimum atomic E-state index is -0.308. The van der Waals surface area contributed by atoms with Gasteiger partial charge in [0.2, 0.25) is 11.8 Å². The van der Waals surface area contributed by atoms with Gasteiger partial charge >= 0.3 is 0 Å². The van der Waals surface area contributed by atoms with Crippen LogP contribution < -0.4 is 5.73 Å². The van der Waals surface area contributed by atoms with E-state index < -0.39 is 0 Å². The molecule has 1 saturated heterocycles. The van der Waals surface area contributed by atoms with E-state index in [9.17, 15) is 9.59 Å². The molecule has 0 bridgehead atoms. The summed E-state index contributed by atoms with van der Waals surface area (Å²) in [5, 5.41) is -0.308. The molecule has 3 rings (SSSR count). The maximum atomic E-state index is 12.2. The number of amides is 2. The number of hydrogen-bond acceptors (Lipinski definition) is 4. The number of likely N-dealkylation sites (tertiary alicyclic amines) is 1. The van der Waals surface area contributed by atoms with Gasteiger partial charge < -0.3 is 5.73 Å². The molecule has 1 aliphatic heterocycles. The zero-order valence-electron chi connectivity index (χ0n) is 10.8. The van der Waals surface area contributed by atoms with E-state index in [1.54, 1.807) is 0 Å². The van der Waals surface area contributed by atoms with Gasteiger partial charge in [0, 0.05) is 23.0 Å². The molecule has 1 unspecified atom stereocenters. The molecule has 1 saturated carbocycles. The van der Waals surface area contributed by atoms with Crippen molar-refractivity contribution < 1.29 is 9.59 Å². The van der Waals surface area contributed by atoms with Gasteiger partial charge in [-0.1, -0.05) is 6.07 Å². The molecule has 5 heteroatoms. The van der Waals surface area contributed by atoms with Crippen molar-refractivity contribution in [2.75, 3.05) is 5.73 Å². The zero-order chi connectivity index (χ0) is 13.6. The van der Waals surface area contributed by atoms with E-state index in [-0.39, 0.29) is 23.1 Å². The average molecular weight is 276 g/mol. The number of hydrogen-bond donors (Lipinski definition) is 1. The van der Waals surface area contributed by atoms with Crippen molar-refractivity contribution in [3.63, 3.8) is 0 Å². The largest absolute Gasteiger partial charge is 0.398 e. The van der Waals surface area contributed by atoms with Crippen LogP contribution in [0.1, 0.15) is 24.8 Å². The van der Waals surface area contributed by atoms with Crippen LogP contribution in [0.25, 0.3) is 0 Å². The minimum Gasteiger partial charge on any atom is -0.398 e. The van der Waals surface area contributed by atoms with Crippen LogP contribution in [0.15, 0.2) is 23.1 Å². The quantitative estimate of drug-likeness (QED) is 0.677. The molecule has 0 spiro atoms. The second-order valence-electron chi connectivity index (χ2n) is 5.19. The monoisotopic (exact) mass is 276 g/mol. The summed E-state index contributed by atoms with van der Waals surface area (Å²) in [6.45, 7) is 1.99. The minimum absolute atomic E-state index is 0.0313. The van der Waals surface area contributed by atoms with Gasteiger partial charge in [-0.3, -0.25) is 14.5 Å². The molecule has 2 aliphatic rings. The topological polar surface area (TPSA) is 63.4 Å². The van der Waals surface area contributed by atoms with E-state index in [1.165, 1.54) is 16.7 Å². The Labute approximate surface area is 116 Å². The fraction of sp³-hybridized carbons (Fsp3) is 0.429. The molecule has 1 aromatic rings. The average Bonchev–Trinajstić information content (AvgIpc) is 3.13. The number of imide groups is 1. The van der Waals surface area contributed by atoms with Gasteiger partial charge in [-0.2, -0.15) is 0 Å². The summed E-state index contributed by atoms with van der Waals surface area (Å²) in [6.07, 6.45) is 2.22. The number of aryl methyl sites for hydroxylation is 1. The molecule has 2 fully saturated rings. The third-order valence-corrected chi connectivity index (χ3v) is 4.75. The number of nitrogens with two attached hydrogens (primary N) is 1. The number of anilines is 1. The fourth-order valence-electron chi connectivity index (χ4n) is 2.33. The summed E-state index contributed by atoms with van der Waals surface area (Å²) in [7, 11) is 0. The van der Waals surface area contributed by atoms with Crippen molar-refractivity contribution >= 4 is 29.3 Å². The number of carbonyl (C=O) groups excluding carboxylic acids is 2. The van der Waals surface area contributed by atoms with Gasteiger partial charge in [-0.05, 0) is 37.5 Å². The van der Waals surface area contributed by atoms with E-state index in [2.05, 4.69) is 0 Å². The lowest BCUT2D eigenvalue weighted by atomic mass is 10.2. The van der Waals surface area contributed by atoms with Crippen LogP contribution in [0.5, 0.6) is 0 Å². The summed E-state index contributed by atoms with van der Waals surface area (Å²) in [5.74, 6) is -0.0744. The lowest BCUT2D eigenvalue weighted by molar-refractivity contribution is -0.138. The fourth-order valence-corrected chi connectivity index (χ4v) is 3.53. The molecule has 100 valence electrons. The second-order valence-corrected chi connectivity index (χ2v) is 6.43. The first kappa shape index (κ1) is 12.5. The Morgan fingerprint density at radius 3 is 2.74 bits per heavy atom. The molecule has 4 nitrogen and oxygen atoms in total. The molecule has 0 aromatic heterocycles. The second kappa shape index (κ2) is 4.56. The normalized spacial score (nSPS) is 23.2. The highest BCUT2D eigenvalue weighted by molar-refractivity contribution is 8.00. The summed E-state index contributed by atoms with van der Waals surface area (Å²) in [6, 6.07) is 5.92. The molecule has 1 atom stereocenters. The van der Waals surface area contributed by atoms with Crippen molar-refractivity contribution in [3.05, 3.63) is 23.8 Å². The van der Waals surface area contributed by atoms with Gasteiger partial charge in [0.05, 0.1) is 5.25 Å². The Hall–Kier alpha value is -1.49. The summed E-state index contributed by atoms with van der Waals surface area (Å²) < 4.78 is 0. The number of carbonyl (C=O) groups is 2. The Balaban J connectivity index is 1.78. The van der Waals surface area contributed by atoms with E-state index >= 15 is 0 Å². The summed E-state index contributed by atoms with van der Waals surface area (Å²) >= 11 is 1.42. The van der Waals surface area contributed by atoms with Gasteiger partial charge in [0.1, 0.15) is 0 Å². The van der Waals surface area contributed by atoms with Gasteiger partial charge in [-0.25, -0.2) is 0 Å². The third kappa shape index (κ3) is 2.34. The number of nitrogen functional groups attached to an aromatic ring is 1. The highest BCUT2D eigenvalue weighted by Crippen LogP contribution is 2.39. The van der Waals surface area contributed by atoms with Crippen LogP contribution in [0.4, 0.5) is 5.69 Å². The van der Waals surface area contributed by atoms with Crippen molar-refractivity contribution in [2.45, 2.75) is 42.4 Å². The predicted octanol–water partition coefficient (Wildman–Crippen LogP) is 1.96. The molecular weight excluding hydrogens is 260 g/mol. The van der Waals surface area contributed by atoms with Crippen molar-refractivity contribution in [1.82, 2.24) is 4.90 Å². The van der Waals surface area contributed by atoms with Crippen molar-refractivity contribution in [3.8, 4) is 0 Å². The maximum absolute atomic E-state index is 12.2. The summed E-state index contributed by atoms with van der Waals surface area (Å²) in [4.78, 5) is 26.5. The molecule has 1 aliphatic carbocycles. The van der Waals surface area contributed by atoms with Crippen LogP contribution in [-0.2, 0) is 9.59 Å². The smallest absolute Gasteiger partial charge is 0.243 e. The van der Waals surface area contributed by atoms with Gasteiger partial charge in [0.25, 0.3) is 0 Å². The van der Waals surface area contributed by atoms with Crippen LogP contribution in [-0.4, -0.2) is 28.0 Å². The Morgan fingerprint density at radius 1 is 1.32 bits per heavy atom. The molecule has 1 aromatic carbocycles. The van der Waals surface area contributed by atoms with Crippen LogP contribution in [0, 0.1) is 6.92 Å². The van der Waals surface area contributed by atoms with Gasteiger partial charge in [0.15, 0.2) is 0 Å². The summed E-state index contributed by atoms with van der Waals surface area (Å²) in [5.41, 5.74) is 7.70. The van der Waals surface area contributed by atoms with Crippen molar-refractivity contribution in [1.29, 1.82) is 0 Å². The lowest BCUT2D eigenvalue weighted by Gasteiger charge is -2.14. The molecule has 1 heterocycles. The lowest BCUT2D eigenvalue weighted by Crippen LogP contribution is -2.33. The third-order valence-electron chi connectivity index (χ3n) is 3.49. The van der Waals surface area contributed by atoms with Gasteiger partial charge in [-0.15, -0.1) is 11.8 Å². The number of nitrogens with zero attached hydrogens (tertiary/aromatic N) is 1. The maximum Gasteiger partial charge on any atom is 0.243 e. The number of benzene rings is 1. The standard InChI is InChI=1S/C14H16N2O2S/c1-8-2-5-10(15)11(6-8)19-12-7-13(17)16(14(12)18)9-3-4-9/h2,5-6,9,12H,3-4,7,15H2,1H3. The highest BCUT2D eigenvalue weighted by Gasteiger charge is 2.46. The number of rotatable bonds is 3. The van der Waals surface area contributed by atoms with Crippen LogP contribution in [0.3, 0.4) is 0 Å². The molecular formula is C14H16N2O2S. The zero-order valence-corrected chi connectivity index (χ0v) is 11.6. The van der Waals surface area contributed by atoms with Crippen LogP contribution >= 0.6 is 11.8 Å². The first-order chi connectivity index (χ1) is 9.06. The first-order valence-corrected chi connectivity index (χ1v) is 7.33. The van der Waals surface area contributed by atoms with E-state index in [0.717, 1.165) is 23.3 Å². The highest BCUT2D eigenvalue weighted by atomic mass is 32.2. The van der Waals surface area contributed by atoms with Crippen molar-refractivity contribution in [2.24, 2.45) is 0 Å². The van der Waals surface area contributed by atoms with E-state index in [4.69, 9.17) is 5.73 Å². The molecule has 2 amide bonds. The number of thioether (sulfide) groups is 1. The molecule has 19 heavy (non-hydrogen) atoms. The Kier molecular flexibility index (Phi) is 3.01. The molecule has 0 radical (unpaired) electrons. The Morgan fingerprint density at radius 2 is 2.05 bits per heavy atom. The van der Waals surface area contributed by atoms with E-state index in [0.29, 0.717) is 12.1 Å².